The molecule has 0 amide bonds. The molecule has 4 aromatic carbocycles. The van der Waals surface area contributed by atoms with Gasteiger partial charge in [0.05, 0.1) is 120 Å². The van der Waals surface area contributed by atoms with Gasteiger partial charge in [-0.3, -0.25) is 0 Å². The predicted molar refractivity (Wildman–Crippen MR) is 550 cm³/mol. The number of carbonyl (C=O) groups excluding carboxylic acids is 8. The third kappa shape index (κ3) is 36.3. The van der Waals surface area contributed by atoms with E-state index in [0.717, 1.165) is 257 Å². The number of carbonyl (C=O) groups is 8. The number of aromatic nitrogens is 4. The zero-order chi connectivity index (χ0) is 96.7. The number of hydrogen-bond donors (Lipinski definition) is 2. The van der Waals surface area contributed by atoms with E-state index < -0.39 is 47.8 Å². The van der Waals surface area contributed by atoms with Crippen LogP contribution in [-0.4, -0.2) is 121 Å². The first-order valence-electron chi connectivity index (χ1n) is 52.7. The van der Waals surface area contributed by atoms with E-state index in [0.29, 0.717) is 141 Å². The molecule has 5 heterocycles. The summed E-state index contributed by atoms with van der Waals surface area (Å²) in [4.78, 5) is 138. The van der Waals surface area contributed by atoms with E-state index in [4.69, 9.17) is 47.9 Å². The predicted octanol–water partition coefficient (Wildman–Crippen LogP) is 31.5. The van der Waals surface area contributed by atoms with Crippen molar-refractivity contribution in [1.82, 2.24) is 19.9 Å². The van der Waals surface area contributed by atoms with E-state index >= 15 is 0 Å². The van der Waals surface area contributed by atoms with Crippen LogP contribution < -0.4 is 0 Å². The Morgan fingerprint density at radius 3 is 0.463 bits per heavy atom. The summed E-state index contributed by atoms with van der Waals surface area (Å²) in [5.74, 6) is -5.16. The van der Waals surface area contributed by atoms with Crippen LogP contribution in [-0.2, 0) is 37.9 Å². The van der Waals surface area contributed by atoms with Gasteiger partial charge < -0.3 is 47.9 Å². The van der Waals surface area contributed by atoms with Crippen LogP contribution >= 0.6 is 0 Å². The molecule has 0 radical (unpaired) electrons. The monoisotopic (exact) mass is 1860 g/mol. The minimum absolute atomic E-state index is 0.0900. The van der Waals surface area contributed by atoms with Gasteiger partial charge in [-0.25, -0.2) is 48.3 Å². The number of H-pyrrole nitrogens is 2. The quantitative estimate of drug-likeness (QED) is 0.0204. The fourth-order valence-electron chi connectivity index (χ4n) is 17.5. The largest absolute Gasteiger partial charge is 0.462 e. The van der Waals surface area contributed by atoms with Gasteiger partial charge >= 0.3 is 47.8 Å². The van der Waals surface area contributed by atoms with Crippen LogP contribution in [0, 0.1) is 0 Å². The van der Waals surface area contributed by atoms with Gasteiger partial charge in [-0.1, -0.05) is 312 Å². The van der Waals surface area contributed by atoms with Crippen molar-refractivity contribution in [3.63, 3.8) is 0 Å². The van der Waals surface area contributed by atoms with Crippen LogP contribution in [0.25, 0.3) is 90.9 Å². The molecule has 738 valence electrons. The van der Waals surface area contributed by atoms with Gasteiger partial charge in [0.25, 0.3) is 0 Å². The minimum atomic E-state index is -0.645. The Labute approximate surface area is 811 Å². The molecule has 20 nitrogen and oxygen atoms in total. The van der Waals surface area contributed by atoms with Gasteiger partial charge in [0.15, 0.2) is 0 Å². The molecule has 0 atom stereocenters. The number of rotatable bonds is 68. The molecule has 20 heteroatoms. The first-order chi connectivity index (χ1) is 66.5. The molecular weight excluding hydrogens is 1710 g/mol. The molecule has 0 unspecified atom stereocenters. The van der Waals surface area contributed by atoms with Crippen molar-refractivity contribution >= 4 is 94.1 Å². The molecule has 0 saturated carbocycles. The van der Waals surface area contributed by atoms with E-state index in [1.54, 1.807) is 48.5 Å². The highest BCUT2D eigenvalue weighted by Crippen LogP contribution is 2.42. The third-order valence-electron chi connectivity index (χ3n) is 25.4. The molecule has 0 fully saturated rings. The molecule has 8 bridgehead atoms. The fourth-order valence-corrected chi connectivity index (χ4v) is 17.5. The number of ether oxygens (including phenoxy) is 8. The molecule has 136 heavy (non-hydrogen) atoms. The highest BCUT2D eigenvalue weighted by molar-refractivity contribution is 6.07. The molecule has 2 N–H and O–H groups in total. The summed E-state index contributed by atoms with van der Waals surface area (Å²) in [7, 11) is 0. The van der Waals surface area contributed by atoms with Gasteiger partial charge in [0.2, 0.25) is 0 Å². The Morgan fingerprint density at radius 2 is 0.324 bits per heavy atom. The van der Waals surface area contributed by atoms with Crippen molar-refractivity contribution in [1.29, 1.82) is 0 Å². The number of nitrogens with zero attached hydrogens (tertiary/aromatic N) is 2. The molecule has 0 aliphatic carbocycles. The standard InChI is InChI=1S/C116H158N4O16/c1-9-17-25-33-41-49-65-129-109(121)89-73-85(74-90(81-89)110(122)130-66-50-42-34-26-18-10-2)105-97-57-59-99(117-97)106(86-75-91(111(123)131-67-51-43-35-27-19-11-3)82-92(76-86)112(124)132-68-52-44-36-28-20-12-4)101-61-63-103(119-101)108(88-79-95(115(127)135-71-55-47-39-31-23-15-7)84-96(80-88)116(128)136-72-56-48-40-32-24-16-8)104-64-62-102(120-104)107(100-60-58-98(105)118-100)87-77-93(113(125)133-69-53-45-37-29-21-13-5)83-94(78-87)114(126)134-70-54-46-38-30-22-14-6/h57-64,73-84,117,120H,9-56,65-72H2,1-8H3. The lowest BCUT2D eigenvalue weighted by Gasteiger charge is -2.13. The normalized spacial score (nSPS) is 11.6. The molecule has 9 rings (SSSR count). The van der Waals surface area contributed by atoms with Crippen LogP contribution in [0.2, 0.25) is 0 Å². The van der Waals surface area contributed by atoms with Crippen molar-refractivity contribution in [2.45, 2.75) is 364 Å². The number of fused-ring (bicyclic) bond motifs is 8. The minimum Gasteiger partial charge on any atom is -0.462 e. The average Bonchev–Trinajstić information content (AvgIpc) is 1.60. The van der Waals surface area contributed by atoms with Crippen LogP contribution in [0.15, 0.2) is 97.1 Å². The Kier molecular flexibility index (Phi) is 50.3. The second-order valence-corrected chi connectivity index (χ2v) is 36.9. The molecule has 2 aliphatic heterocycles. The average molecular weight is 1860 g/mol. The molecule has 3 aromatic heterocycles. The first-order valence-corrected chi connectivity index (χ1v) is 52.7. The van der Waals surface area contributed by atoms with Crippen LogP contribution in [0.1, 0.15) is 469 Å². The topological polar surface area (TPSA) is 268 Å². The van der Waals surface area contributed by atoms with Gasteiger partial charge in [0.1, 0.15) is 0 Å². The third-order valence-corrected chi connectivity index (χ3v) is 25.4. The van der Waals surface area contributed by atoms with Crippen molar-refractivity contribution in [3.8, 4) is 44.5 Å². The molecule has 0 saturated heterocycles. The maximum atomic E-state index is 14.9. The van der Waals surface area contributed by atoms with E-state index in [1.165, 1.54) is 24.3 Å². The lowest BCUT2D eigenvalue weighted by molar-refractivity contribution is 0.0478. The lowest BCUT2D eigenvalue weighted by Crippen LogP contribution is -2.11. The highest BCUT2D eigenvalue weighted by Gasteiger charge is 2.28. The van der Waals surface area contributed by atoms with E-state index in [-0.39, 0.29) is 97.4 Å². The van der Waals surface area contributed by atoms with Crippen molar-refractivity contribution in [2.24, 2.45) is 0 Å². The summed E-state index contributed by atoms with van der Waals surface area (Å²) in [6, 6.07) is 27.1. The summed E-state index contributed by atoms with van der Waals surface area (Å²) in [5, 5.41) is 0. The number of aromatic amines is 2. The summed E-state index contributed by atoms with van der Waals surface area (Å²) in [5.41, 5.74) is 6.84. The number of hydrogen-bond acceptors (Lipinski definition) is 18. The molecule has 0 spiro atoms. The second-order valence-electron chi connectivity index (χ2n) is 36.9. The summed E-state index contributed by atoms with van der Waals surface area (Å²) in [6.45, 7) is 18.5. The van der Waals surface area contributed by atoms with Crippen molar-refractivity contribution < 1.29 is 76.3 Å². The van der Waals surface area contributed by atoms with Gasteiger partial charge in [-0.05, 0) is 195 Å². The SMILES string of the molecule is CCCCCCCCOC(=O)c1cc(C(=O)OCCCCCCCC)cc(-c2c3nc(c(-c4cc(C(=O)OCCCCCCCC)cc(C(=O)OCCCCCCCC)c4)c4ccc([nH]4)c(-c4cc(C(=O)OCCCCCCCC)cc(C(=O)OCCCCCCCC)c4)c4nc(c(-c5cc(C(=O)OCCCCCCCC)cc(C(=O)OCCCCCCCC)c5)c5ccc2[nH]5)C=C4)C=C3)c1. The zero-order valence-corrected chi connectivity index (χ0v) is 83.6. The van der Waals surface area contributed by atoms with Crippen molar-refractivity contribution in [2.75, 3.05) is 52.9 Å². The molecule has 2 aliphatic rings. The number of esters is 8. The maximum absolute atomic E-state index is 14.9. The van der Waals surface area contributed by atoms with Crippen LogP contribution in [0.5, 0.6) is 0 Å². The number of benzene rings is 4. The van der Waals surface area contributed by atoms with Crippen molar-refractivity contribution in [3.05, 3.63) is 164 Å². The smallest absolute Gasteiger partial charge is 0.338 e. The highest BCUT2D eigenvalue weighted by atomic mass is 16.6. The number of unbranched alkanes of at least 4 members (excludes halogenated alkanes) is 40. The molecule has 7 aromatic rings. The first kappa shape index (κ1) is 109. The summed E-state index contributed by atoms with van der Waals surface area (Å²) >= 11 is 0. The Hall–Kier alpha value is -10.8. The molecular formula is C116H158N4O16. The lowest BCUT2D eigenvalue weighted by atomic mass is 9.98. The maximum Gasteiger partial charge on any atom is 0.338 e. The summed E-state index contributed by atoms with van der Waals surface area (Å²) in [6.07, 6.45) is 53.5. The second kappa shape index (κ2) is 62.9. The Bertz CT molecular complexity index is 4350. The zero-order valence-electron chi connectivity index (χ0n) is 83.6. The number of nitrogens with one attached hydrogen (secondary N) is 2. The Morgan fingerprint density at radius 1 is 0.191 bits per heavy atom. The van der Waals surface area contributed by atoms with E-state index in [9.17, 15) is 38.4 Å². The van der Waals surface area contributed by atoms with Gasteiger partial charge in [-0.15, -0.1) is 0 Å². The summed E-state index contributed by atoms with van der Waals surface area (Å²) < 4.78 is 49.0. The Balaban J connectivity index is 1.41. The van der Waals surface area contributed by atoms with Gasteiger partial charge in [0, 0.05) is 44.3 Å². The van der Waals surface area contributed by atoms with E-state index in [2.05, 4.69) is 65.4 Å². The fraction of sp³-hybridized carbons (Fsp3) is 0.552. The van der Waals surface area contributed by atoms with Crippen LogP contribution in [0.3, 0.4) is 0 Å². The van der Waals surface area contributed by atoms with E-state index in [1.807, 2.05) is 48.6 Å². The van der Waals surface area contributed by atoms with Crippen LogP contribution in [0.4, 0.5) is 0 Å². The van der Waals surface area contributed by atoms with Gasteiger partial charge in [-0.2, -0.15) is 0 Å².